The Hall–Kier alpha value is -2.33. The van der Waals surface area contributed by atoms with E-state index in [1.54, 1.807) is 24.3 Å². The van der Waals surface area contributed by atoms with E-state index in [-0.39, 0.29) is 29.1 Å². The SMILES string of the molecule is CCCCCCCN1C(=O)CC(C(=O)Nc2ccc(Br)cc2)SC1=Nc1cccc(C(F)(F)F)c1. The van der Waals surface area contributed by atoms with Gasteiger partial charge in [-0.3, -0.25) is 14.5 Å². The summed E-state index contributed by atoms with van der Waals surface area (Å²) in [6, 6.07) is 11.7. The van der Waals surface area contributed by atoms with Gasteiger partial charge in [0.05, 0.1) is 11.3 Å². The third kappa shape index (κ3) is 8.10. The topological polar surface area (TPSA) is 61.8 Å². The zero-order valence-electron chi connectivity index (χ0n) is 19.3. The van der Waals surface area contributed by atoms with Gasteiger partial charge in [-0.1, -0.05) is 66.4 Å². The molecule has 10 heteroatoms. The number of aliphatic imine (C=N–C) groups is 1. The first-order chi connectivity index (χ1) is 16.7. The predicted octanol–water partition coefficient (Wildman–Crippen LogP) is 7.40. The van der Waals surface area contributed by atoms with Crippen LogP contribution in [0.25, 0.3) is 0 Å². The third-order valence-corrected chi connectivity index (χ3v) is 7.14. The number of unbranched alkanes of at least 4 members (excludes halogenated alkanes) is 4. The Kier molecular flexibility index (Phi) is 9.80. The van der Waals surface area contributed by atoms with Crippen molar-refractivity contribution in [1.82, 2.24) is 4.90 Å². The molecule has 2 aromatic carbocycles. The molecule has 0 bridgehead atoms. The van der Waals surface area contributed by atoms with E-state index < -0.39 is 17.0 Å². The van der Waals surface area contributed by atoms with Crippen molar-refractivity contribution in [2.24, 2.45) is 4.99 Å². The largest absolute Gasteiger partial charge is 0.416 e. The van der Waals surface area contributed by atoms with E-state index >= 15 is 0 Å². The number of carbonyl (C=O) groups excluding carboxylic acids is 2. The van der Waals surface area contributed by atoms with Gasteiger partial charge in [-0.25, -0.2) is 4.99 Å². The highest BCUT2D eigenvalue weighted by Gasteiger charge is 2.36. The third-order valence-electron chi connectivity index (χ3n) is 5.43. The Morgan fingerprint density at radius 1 is 1.14 bits per heavy atom. The van der Waals surface area contributed by atoms with Gasteiger partial charge < -0.3 is 5.32 Å². The lowest BCUT2D eigenvalue weighted by molar-refractivity contribution is -0.137. The van der Waals surface area contributed by atoms with E-state index in [0.717, 1.165) is 60.5 Å². The van der Waals surface area contributed by atoms with Crippen molar-refractivity contribution < 1.29 is 22.8 Å². The Morgan fingerprint density at radius 3 is 2.54 bits per heavy atom. The number of nitrogens with zero attached hydrogens (tertiary/aromatic N) is 2. The van der Waals surface area contributed by atoms with Gasteiger partial charge in [-0.2, -0.15) is 13.2 Å². The van der Waals surface area contributed by atoms with Gasteiger partial charge in [0.2, 0.25) is 11.8 Å². The minimum atomic E-state index is -4.50. The summed E-state index contributed by atoms with van der Waals surface area (Å²) >= 11 is 4.44. The maximum Gasteiger partial charge on any atom is 0.416 e. The van der Waals surface area contributed by atoms with Crippen molar-refractivity contribution in [3.8, 4) is 0 Å². The number of thioether (sulfide) groups is 1. The highest BCUT2D eigenvalue weighted by molar-refractivity contribution is 9.10. The molecular formula is C25H27BrF3N3O2S. The van der Waals surface area contributed by atoms with Crippen LogP contribution in [0.15, 0.2) is 58.0 Å². The van der Waals surface area contributed by atoms with Gasteiger partial charge in [-0.05, 0) is 48.9 Å². The zero-order chi connectivity index (χ0) is 25.4. The Labute approximate surface area is 215 Å². The van der Waals surface area contributed by atoms with Gasteiger partial charge in [0.1, 0.15) is 5.25 Å². The second-order valence-corrected chi connectivity index (χ2v) is 10.3. The van der Waals surface area contributed by atoms with Crippen molar-refractivity contribution in [3.63, 3.8) is 0 Å². The number of benzene rings is 2. The molecule has 2 amide bonds. The van der Waals surface area contributed by atoms with Crippen molar-refractivity contribution >= 4 is 56.0 Å². The molecule has 0 radical (unpaired) electrons. The molecule has 188 valence electrons. The summed E-state index contributed by atoms with van der Waals surface area (Å²) in [6.07, 6.45) is 0.420. The molecule has 2 aromatic rings. The molecule has 0 saturated carbocycles. The predicted molar refractivity (Wildman–Crippen MR) is 138 cm³/mol. The second kappa shape index (κ2) is 12.6. The summed E-state index contributed by atoms with van der Waals surface area (Å²) in [7, 11) is 0. The summed E-state index contributed by atoms with van der Waals surface area (Å²) in [5.41, 5.74) is -0.150. The van der Waals surface area contributed by atoms with Gasteiger partial charge in [-0.15, -0.1) is 0 Å². The normalized spacial score (nSPS) is 17.6. The second-order valence-electron chi connectivity index (χ2n) is 8.21. The van der Waals surface area contributed by atoms with E-state index in [1.807, 2.05) is 0 Å². The van der Waals surface area contributed by atoms with Crippen LogP contribution in [0.2, 0.25) is 0 Å². The van der Waals surface area contributed by atoms with Crippen LogP contribution in [0.5, 0.6) is 0 Å². The fourth-order valence-corrected chi connectivity index (χ4v) is 4.94. The summed E-state index contributed by atoms with van der Waals surface area (Å²) < 4.78 is 40.4. The lowest BCUT2D eigenvalue weighted by Gasteiger charge is -2.32. The molecule has 1 unspecified atom stereocenters. The smallest absolute Gasteiger partial charge is 0.325 e. The minimum Gasteiger partial charge on any atom is -0.325 e. The van der Waals surface area contributed by atoms with E-state index in [1.165, 1.54) is 17.0 Å². The average molecular weight is 570 g/mol. The molecule has 0 aromatic heterocycles. The molecule has 5 nitrogen and oxygen atoms in total. The number of anilines is 1. The highest BCUT2D eigenvalue weighted by atomic mass is 79.9. The van der Waals surface area contributed by atoms with Crippen LogP contribution < -0.4 is 5.32 Å². The van der Waals surface area contributed by atoms with Crippen LogP contribution in [0, 0.1) is 0 Å². The van der Waals surface area contributed by atoms with Crippen LogP contribution in [0.1, 0.15) is 51.0 Å². The first kappa shape index (κ1) is 27.3. The van der Waals surface area contributed by atoms with Crippen LogP contribution in [0.3, 0.4) is 0 Å². The molecule has 1 atom stereocenters. The van der Waals surface area contributed by atoms with Crippen LogP contribution >= 0.6 is 27.7 Å². The lowest BCUT2D eigenvalue weighted by atomic mass is 10.1. The first-order valence-corrected chi connectivity index (χ1v) is 13.1. The molecule has 0 spiro atoms. The minimum absolute atomic E-state index is 0.0103. The molecule has 1 heterocycles. The number of alkyl halides is 3. The number of rotatable bonds is 9. The molecule has 35 heavy (non-hydrogen) atoms. The number of hydrogen-bond donors (Lipinski definition) is 1. The average Bonchev–Trinajstić information content (AvgIpc) is 2.81. The number of carbonyl (C=O) groups is 2. The summed E-state index contributed by atoms with van der Waals surface area (Å²) in [5.74, 6) is -0.620. The quantitative estimate of drug-likeness (QED) is 0.320. The monoisotopic (exact) mass is 569 g/mol. The van der Waals surface area contributed by atoms with Gasteiger partial charge >= 0.3 is 6.18 Å². The summed E-state index contributed by atoms with van der Waals surface area (Å²) in [5, 5.41) is 2.30. The van der Waals surface area contributed by atoms with Crippen LogP contribution in [-0.2, 0) is 15.8 Å². The summed E-state index contributed by atoms with van der Waals surface area (Å²) in [4.78, 5) is 31.8. The van der Waals surface area contributed by atoms with Gasteiger partial charge in [0, 0.05) is 23.1 Å². The molecule has 0 aliphatic carbocycles. The van der Waals surface area contributed by atoms with E-state index in [2.05, 4.69) is 33.2 Å². The standard InChI is InChI=1S/C25H27BrF3N3O2S/c1-2-3-4-5-6-14-32-22(33)16-21(23(34)30-19-12-10-18(26)11-13-19)35-24(32)31-20-9-7-8-17(15-20)25(27,28)29/h7-13,15,21H,2-6,14,16H2,1H3,(H,30,34). The summed E-state index contributed by atoms with van der Waals surface area (Å²) in [6.45, 7) is 2.53. The van der Waals surface area contributed by atoms with E-state index in [4.69, 9.17) is 0 Å². The zero-order valence-corrected chi connectivity index (χ0v) is 21.7. The molecule has 1 aliphatic rings. The van der Waals surface area contributed by atoms with Crippen molar-refractivity contribution in [2.45, 2.75) is 56.9 Å². The number of amides is 2. The highest BCUT2D eigenvalue weighted by Crippen LogP contribution is 2.34. The van der Waals surface area contributed by atoms with Crippen LogP contribution in [-0.4, -0.2) is 33.7 Å². The lowest BCUT2D eigenvalue weighted by Crippen LogP contribution is -2.45. The van der Waals surface area contributed by atoms with Gasteiger partial charge in [0.15, 0.2) is 5.17 Å². The van der Waals surface area contributed by atoms with E-state index in [9.17, 15) is 22.8 Å². The number of halogens is 4. The van der Waals surface area contributed by atoms with Crippen molar-refractivity contribution in [2.75, 3.05) is 11.9 Å². The number of amidine groups is 1. The Bertz CT molecular complexity index is 1060. The molecule has 3 rings (SSSR count). The fraction of sp³-hybridized carbons (Fsp3) is 0.400. The number of nitrogens with one attached hydrogen (secondary N) is 1. The maximum atomic E-state index is 13.2. The first-order valence-electron chi connectivity index (χ1n) is 11.5. The van der Waals surface area contributed by atoms with Crippen LogP contribution in [0.4, 0.5) is 24.5 Å². The van der Waals surface area contributed by atoms with Crippen molar-refractivity contribution in [3.05, 3.63) is 58.6 Å². The molecular weight excluding hydrogens is 543 g/mol. The Morgan fingerprint density at radius 2 is 1.86 bits per heavy atom. The Balaban J connectivity index is 1.82. The van der Waals surface area contributed by atoms with Gasteiger partial charge in [0.25, 0.3) is 0 Å². The molecule has 1 N–H and O–H groups in total. The maximum absolute atomic E-state index is 13.2. The van der Waals surface area contributed by atoms with Crippen molar-refractivity contribution in [1.29, 1.82) is 0 Å². The fourth-order valence-electron chi connectivity index (χ4n) is 3.55. The molecule has 1 saturated heterocycles. The molecule has 1 aliphatic heterocycles. The molecule has 1 fully saturated rings. The number of hydrogen-bond acceptors (Lipinski definition) is 4. The van der Waals surface area contributed by atoms with E-state index in [0.29, 0.717) is 12.2 Å².